The summed E-state index contributed by atoms with van der Waals surface area (Å²) in [4.78, 5) is 12.2. The Morgan fingerprint density at radius 1 is 1.47 bits per heavy atom. The smallest absolute Gasteiger partial charge is 0.140 e. The molecule has 0 aromatic carbocycles. The Kier molecular flexibility index (Phi) is 4.57. The van der Waals surface area contributed by atoms with Crippen molar-refractivity contribution in [1.29, 1.82) is 0 Å². The van der Waals surface area contributed by atoms with Crippen LogP contribution in [-0.2, 0) is 6.61 Å². The molecule has 2 N–H and O–H groups in total. The first-order valence-corrected chi connectivity index (χ1v) is 6.60. The van der Waals surface area contributed by atoms with Crippen LogP contribution in [0.4, 0.5) is 5.82 Å². The van der Waals surface area contributed by atoms with E-state index in [0.717, 1.165) is 6.54 Å². The van der Waals surface area contributed by atoms with Crippen LogP contribution in [0.15, 0.2) is 6.33 Å². The number of aromatic nitrogens is 2. The van der Waals surface area contributed by atoms with E-state index in [-0.39, 0.29) is 23.9 Å². The molecule has 0 spiro atoms. The van der Waals surface area contributed by atoms with Crippen molar-refractivity contribution in [3.8, 4) is 0 Å². The number of aliphatic hydroxyl groups is 2. The number of halogens is 1. The maximum Gasteiger partial charge on any atom is 0.140 e. The van der Waals surface area contributed by atoms with Gasteiger partial charge >= 0.3 is 0 Å². The molecule has 2 rings (SSSR count). The molecule has 1 aliphatic heterocycles. The minimum absolute atomic E-state index is 0.154. The molecule has 6 nitrogen and oxygen atoms in total. The number of rotatable bonds is 4. The van der Waals surface area contributed by atoms with Gasteiger partial charge < -0.3 is 20.0 Å². The molecule has 1 fully saturated rings. The lowest BCUT2D eigenvalue weighted by Crippen LogP contribution is -2.38. The summed E-state index contributed by atoms with van der Waals surface area (Å²) in [6, 6.07) is 0.154. The van der Waals surface area contributed by atoms with Gasteiger partial charge in [0, 0.05) is 19.1 Å². The molecule has 1 aliphatic rings. The average molecular weight is 287 g/mol. The van der Waals surface area contributed by atoms with Gasteiger partial charge in [0.2, 0.25) is 0 Å². The van der Waals surface area contributed by atoms with Gasteiger partial charge in [0.25, 0.3) is 0 Å². The zero-order valence-electron chi connectivity index (χ0n) is 11.1. The van der Waals surface area contributed by atoms with Crippen molar-refractivity contribution in [3.63, 3.8) is 0 Å². The standard InChI is InChI=1S/C12H19ClN4O2/c1-16(2)4-8-3-9(19)5-17(8)12-10(6-18)11(13)14-7-15-12/h7-9,18-19H,3-6H2,1-2H3. The van der Waals surface area contributed by atoms with Crippen molar-refractivity contribution >= 4 is 17.4 Å². The lowest BCUT2D eigenvalue weighted by atomic mass is 10.2. The van der Waals surface area contributed by atoms with Gasteiger partial charge in [-0.2, -0.15) is 0 Å². The van der Waals surface area contributed by atoms with Gasteiger partial charge in [-0.15, -0.1) is 0 Å². The van der Waals surface area contributed by atoms with Crippen LogP contribution in [-0.4, -0.2) is 64.4 Å². The number of aliphatic hydroxyl groups excluding tert-OH is 2. The van der Waals surface area contributed by atoms with Crippen LogP contribution >= 0.6 is 11.6 Å². The summed E-state index contributed by atoms with van der Waals surface area (Å²) in [5.41, 5.74) is 0.516. The Balaban J connectivity index is 2.31. The number of hydrogen-bond donors (Lipinski definition) is 2. The first-order chi connectivity index (χ1) is 9.02. The SMILES string of the molecule is CN(C)CC1CC(O)CN1c1ncnc(Cl)c1CO. The number of β-amino-alcohol motifs (C(OH)–C–C–N with tert-alkyl or cyclic N) is 1. The highest BCUT2D eigenvalue weighted by molar-refractivity contribution is 6.30. The summed E-state index contributed by atoms with van der Waals surface area (Å²) in [6.07, 6.45) is 1.68. The molecule has 1 saturated heterocycles. The molecule has 1 aromatic heterocycles. The first kappa shape index (κ1) is 14.5. The summed E-state index contributed by atoms with van der Waals surface area (Å²) in [5.74, 6) is 0.617. The van der Waals surface area contributed by atoms with E-state index >= 15 is 0 Å². The highest BCUT2D eigenvalue weighted by Crippen LogP contribution is 2.30. The zero-order valence-corrected chi connectivity index (χ0v) is 11.9. The fourth-order valence-electron chi connectivity index (χ4n) is 2.51. The molecular weight excluding hydrogens is 268 g/mol. The van der Waals surface area contributed by atoms with Crippen LogP contribution in [0.3, 0.4) is 0 Å². The second-order valence-corrected chi connectivity index (χ2v) is 5.44. The predicted octanol–water partition coefficient (Wildman–Crippen LogP) is 0.124. The van der Waals surface area contributed by atoms with E-state index in [9.17, 15) is 10.2 Å². The third kappa shape index (κ3) is 3.14. The van der Waals surface area contributed by atoms with Crippen molar-refractivity contribution in [2.24, 2.45) is 0 Å². The minimum atomic E-state index is -0.384. The van der Waals surface area contributed by atoms with Gasteiger partial charge in [-0.05, 0) is 20.5 Å². The van der Waals surface area contributed by atoms with E-state index in [1.165, 1.54) is 6.33 Å². The second-order valence-electron chi connectivity index (χ2n) is 5.08. The monoisotopic (exact) mass is 286 g/mol. The summed E-state index contributed by atoms with van der Waals surface area (Å²) in [7, 11) is 3.98. The highest BCUT2D eigenvalue weighted by Gasteiger charge is 2.33. The Labute approximate surface area is 117 Å². The normalized spacial score (nSPS) is 23.4. The Hall–Kier alpha value is -0.950. The number of nitrogens with zero attached hydrogens (tertiary/aromatic N) is 4. The van der Waals surface area contributed by atoms with Gasteiger partial charge in [0.15, 0.2) is 0 Å². The van der Waals surface area contributed by atoms with E-state index < -0.39 is 0 Å². The maximum atomic E-state index is 9.88. The predicted molar refractivity (Wildman–Crippen MR) is 73.3 cm³/mol. The lowest BCUT2D eigenvalue weighted by Gasteiger charge is -2.29. The van der Waals surface area contributed by atoms with Gasteiger partial charge in [-0.1, -0.05) is 11.6 Å². The van der Waals surface area contributed by atoms with Crippen molar-refractivity contribution in [1.82, 2.24) is 14.9 Å². The number of anilines is 1. The van der Waals surface area contributed by atoms with Crippen LogP contribution in [0.5, 0.6) is 0 Å². The van der Waals surface area contributed by atoms with E-state index in [4.69, 9.17) is 11.6 Å². The molecule has 1 aromatic rings. The van der Waals surface area contributed by atoms with Gasteiger partial charge in [-0.25, -0.2) is 9.97 Å². The zero-order chi connectivity index (χ0) is 14.0. The molecule has 0 aliphatic carbocycles. The third-order valence-corrected chi connectivity index (χ3v) is 3.59. The fourth-order valence-corrected chi connectivity index (χ4v) is 2.70. The summed E-state index contributed by atoms with van der Waals surface area (Å²) < 4.78 is 0. The molecule has 0 saturated carbocycles. The molecule has 106 valence electrons. The van der Waals surface area contributed by atoms with Crippen LogP contribution in [0.1, 0.15) is 12.0 Å². The minimum Gasteiger partial charge on any atom is -0.391 e. The van der Waals surface area contributed by atoms with Crippen molar-refractivity contribution < 1.29 is 10.2 Å². The van der Waals surface area contributed by atoms with E-state index in [1.54, 1.807) is 0 Å². The molecule has 2 unspecified atom stereocenters. The van der Waals surface area contributed by atoms with Crippen LogP contribution in [0, 0.1) is 0 Å². The maximum absolute atomic E-state index is 9.88. The molecule has 2 heterocycles. The molecule has 0 radical (unpaired) electrons. The molecule has 0 bridgehead atoms. The highest BCUT2D eigenvalue weighted by atomic mass is 35.5. The Bertz CT molecular complexity index is 444. The van der Waals surface area contributed by atoms with Crippen LogP contribution < -0.4 is 4.90 Å². The average Bonchev–Trinajstić information content (AvgIpc) is 2.68. The summed E-state index contributed by atoms with van der Waals surface area (Å²) >= 11 is 5.99. The van der Waals surface area contributed by atoms with Crippen LogP contribution in [0.2, 0.25) is 5.15 Å². The summed E-state index contributed by atoms with van der Waals surface area (Å²) in [6.45, 7) is 1.10. The van der Waals surface area contributed by atoms with E-state index in [1.807, 2.05) is 19.0 Å². The van der Waals surface area contributed by atoms with Gasteiger partial charge in [0.05, 0.1) is 18.3 Å². The lowest BCUT2D eigenvalue weighted by molar-refractivity contribution is 0.191. The molecular formula is C12H19ClN4O2. The fraction of sp³-hybridized carbons (Fsp3) is 0.667. The van der Waals surface area contributed by atoms with Gasteiger partial charge in [0.1, 0.15) is 17.3 Å². The quantitative estimate of drug-likeness (QED) is 0.766. The number of likely N-dealkylation sites (N-methyl/N-ethyl adjacent to an activating group) is 1. The van der Waals surface area contributed by atoms with Gasteiger partial charge in [-0.3, -0.25) is 0 Å². The summed E-state index contributed by atoms with van der Waals surface area (Å²) in [5, 5.41) is 19.6. The first-order valence-electron chi connectivity index (χ1n) is 6.22. The molecule has 7 heteroatoms. The van der Waals surface area contributed by atoms with Crippen molar-refractivity contribution in [3.05, 3.63) is 17.0 Å². The third-order valence-electron chi connectivity index (χ3n) is 3.27. The van der Waals surface area contributed by atoms with Crippen LogP contribution in [0.25, 0.3) is 0 Å². The molecule has 2 atom stereocenters. The van der Waals surface area contributed by atoms with E-state index in [2.05, 4.69) is 14.9 Å². The Morgan fingerprint density at radius 3 is 2.84 bits per heavy atom. The van der Waals surface area contributed by atoms with E-state index in [0.29, 0.717) is 24.3 Å². The second kappa shape index (κ2) is 6.00. The molecule has 19 heavy (non-hydrogen) atoms. The van der Waals surface area contributed by atoms with Crippen molar-refractivity contribution in [2.45, 2.75) is 25.2 Å². The largest absolute Gasteiger partial charge is 0.391 e. The molecule has 0 amide bonds. The Morgan fingerprint density at radius 2 is 2.21 bits per heavy atom. The number of hydrogen-bond acceptors (Lipinski definition) is 6. The van der Waals surface area contributed by atoms with Crippen molar-refractivity contribution in [2.75, 3.05) is 32.1 Å². The topological polar surface area (TPSA) is 72.7 Å².